The van der Waals surface area contributed by atoms with Gasteiger partial charge in [0.2, 0.25) is 5.95 Å². The highest BCUT2D eigenvalue weighted by Crippen LogP contribution is 2.36. The van der Waals surface area contributed by atoms with Gasteiger partial charge in [0, 0.05) is 24.2 Å². The Balaban J connectivity index is 2.12. The minimum atomic E-state index is -5.11. The zero-order chi connectivity index (χ0) is 21.5. The number of carbonyl (C=O) groups is 1. The lowest BCUT2D eigenvalue weighted by Gasteiger charge is -2.21. The molecule has 1 aromatic heterocycles. The molecular formula is C18H10F7N3O. The van der Waals surface area contributed by atoms with Crippen LogP contribution in [0.1, 0.15) is 16.1 Å². The van der Waals surface area contributed by atoms with E-state index >= 15 is 0 Å². The summed E-state index contributed by atoms with van der Waals surface area (Å²) < 4.78 is 93.9. The van der Waals surface area contributed by atoms with Crippen LogP contribution in [0.25, 0.3) is 11.1 Å². The number of hydrogen-bond acceptors (Lipinski definition) is 2. The van der Waals surface area contributed by atoms with E-state index in [0.717, 1.165) is 7.05 Å². The van der Waals surface area contributed by atoms with Gasteiger partial charge in [0.15, 0.2) is 17.3 Å². The molecule has 1 heterocycles. The number of nitrogens with one attached hydrogen (secondary N) is 1. The molecule has 11 heteroatoms. The minimum absolute atomic E-state index is 0.128. The van der Waals surface area contributed by atoms with Crippen LogP contribution in [0.15, 0.2) is 36.4 Å². The highest BCUT2D eigenvalue weighted by atomic mass is 19.4. The average molecular weight is 417 g/mol. The van der Waals surface area contributed by atoms with Gasteiger partial charge < -0.3 is 4.90 Å². The van der Waals surface area contributed by atoms with Crippen molar-refractivity contribution in [2.75, 3.05) is 11.9 Å². The largest absolute Gasteiger partial charge is 0.436 e. The maximum atomic E-state index is 14.2. The molecule has 0 fully saturated rings. The van der Waals surface area contributed by atoms with Gasteiger partial charge in [-0.3, -0.25) is 9.89 Å². The Kier molecular flexibility index (Phi) is 5.07. The van der Waals surface area contributed by atoms with E-state index in [1.54, 1.807) is 0 Å². The molecule has 0 radical (unpaired) electrons. The first-order chi connectivity index (χ1) is 13.5. The van der Waals surface area contributed by atoms with Crippen LogP contribution in [-0.2, 0) is 6.18 Å². The lowest BCUT2D eigenvalue weighted by molar-refractivity contribution is -0.141. The van der Waals surface area contributed by atoms with Crippen molar-refractivity contribution in [1.82, 2.24) is 10.2 Å². The Bertz CT molecular complexity index is 1090. The van der Waals surface area contributed by atoms with Crippen molar-refractivity contribution >= 4 is 11.6 Å². The van der Waals surface area contributed by atoms with Crippen molar-refractivity contribution in [1.29, 1.82) is 0 Å². The molecule has 29 heavy (non-hydrogen) atoms. The smallest absolute Gasteiger partial charge is 0.311 e. The second-order valence-corrected chi connectivity index (χ2v) is 5.89. The van der Waals surface area contributed by atoms with E-state index in [4.69, 9.17) is 0 Å². The maximum absolute atomic E-state index is 14.2. The first-order valence-corrected chi connectivity index (χ1v) is 7.85. The quantitative estimate of drug-likeness (QED) is 0.486. The van der Waals surface area contributed by atoms with Crippen LogP contribution in [0.5, 0.6) is 0 Å². The first-order valence-electron chi connectivity index (χ1n) is 7.85. The van der Waals surface area contributed by atoms with Gasteiger partial charge in [0.05, 0.1) is 5.69 Å². The number of benzene rings is 2. The fourth-order valence-electron chi connectivity index (χ4n) is 2.72. The van der Waals surface area contributed by atoms with Crippen LogP contribution < -0.4 is 4.90 Å². The van der Waals surface area contributed by atoms with Crippen LogP contribution >= 0.6 is 0 Å². The van der Waals surface area contributed by atoms with Crippen LogP contribution in [0.3, 0.4) is 0 Å². The monoisotopic (exact) mass is 417 g/mol. The standard InChI is InChI=1S/C18H10F7N3O/c1-28(17(29)14-15(18(23,24)25)26-27-16(14)22)13-5-3-2-4-8(13)9-6-11(20)12(21)7-10(9)19/h2-7H,1H3,(H,26,27). The summed E-state index contributed by atoms with van der Waals surface area (Å²) in [6, 6.07) is 6.06. The number of anilines is 1. The fourth-order valence-corrected chi connectivity index (χ4v) is 2.72. The molecule has 0 aliphatic heterocycles. The topological polar surface area (TPSA) is 49.0 Å². The molecule has 4 nitrogen and oxygen atoms in total. The SMILES string of the molecule is CN(C(=O)c1c(C(F)(F)F)n[nH]c1F)c1ccccc1-c1cc(F)c(F)cc1F. The zero-order valence-electron chi connectivity index (χ0n) is 14.4. The van der Waals surface area contributed by atoms with Gasteiger partial charge in [-0.2, -0.15) is 22.7 Å². The summed E-state index contributed by atoms with van der Waals surface area (Å²) in [6.07, 6.45) is -5.11. The molecule has 152 valence electrons. The molecule has 3 rings (SSSR count). The van der Waals surface area contributed by atoms with E-state index in [-0.39, 0.29) is 11.3 Å². The molecule has 0 spiro atoms. The number of aromatic amines is 1. The highest BCUT2D eigenvalue weighted by molar-refractivity contribution is 6.08. The number of halogens is 7. The van der Waals surface area contributed by atoms with E-state index in [2.05, 4.69) is 5.10 Å². The third-order valence-electron chi connectivity index (χ3n) is 4.07. The van der Waals surface area contributed by atoms with Gasteiger partial charge in [-0.1, -0.05) is 18.2 Å². The lowest BCUT2D eigenvalue weighted by atomic mass is 10.0. The zero-order valence-corrected chi connectivity index (χ0v) is 14.4. The second-order valence-electron chi connectivity index (χ2n) is 5.89. The summed E-state index contributed by atoms with van der Waals surface area (Å²) in [5.74, 6) is -7.01. The van der Waals surface area contributed by atoms with Crippen molar-refractivity contribution in [3.05, 3.63) is 71.1 Å². The number of aromatic nitrogens is 2. The first kappa shape index (κ1) is 20.4. The van der Waals surface area contributed by atoms with Gasteiger partial charge in [0.1, 0.15) is 11.4 Å². The highest BCUT2D eigenvalue weighted by Gasteiger charge is 2.41. The van der Waals surface area contributed by atoms with Gasteiger partial charge in [-0.05, 0) is 12.1 Å². The summed E-state index contributed by atoms with van der Waals surface area (Å²) in [5, 5.41) is 4.24. The summed E-state index contributed by atoms with van der Waals surface area (Å²) in [4.78, 5) is 13.2. The summed E-state index contributed by atoms with van der Waals surface area (Å²) in [7, 11) is 1.02. The van der Waals surface area contributed by atoms with E-state index in [9.17, 15) is 35.5 Å². The normalized spacial score (nSPS) is 11.6. The number of para-hydroxylation sites is 1. The van der Waals surface area contributed by atoms with E-state index in [1.165, 1.54) is 29.4 Å². The maximum Gasteiger partial charge on any atom is 0.436 e. The molecular weight excluding hydrogens is 407 g/mol. The second kappa shape index (κ2) is 7.22. The molecule has 0 unspecified atom stereocenters. The number of H-pyrrole nitrogens is 1. The number of carbonyl (C=O) groups excluding carboxylic acids is 1. The van der Waals surface area contributed by atoms with Crippen LogP contribution in [0, 0.1) is 23.4 Å². The van der Waals surface area contributed by atoms with Gasteiger partial charge in [-0.15, -0.1) is 0 Å². The lowest BCUT2D eigenvalue weighted by Crippen LogP contribution is -2.29. The Morgan fingerprint density at radius 3 is 2.24 bits per heavy atom. The molecule has 1 amide bonds. The number of nitrogens with zero attached hydrogens (tertiary/aromatic N) is 2. The Labute approximate surface area is 158 Å². The van der Waals surface area contributed by atoms with Crippen LogP contribution in [0.2, 0.25) is 0 Å². The van der Waals surface area contributed by atoms with Gasteiger partial charge in [-0.25, -0.2) is 13.2 Å². The molecule has 1 N–H and O–H groups in total. The molecule has 0 saturated heterocycles. The number of amides is 1. The Morgan fingerprint density at radius 1 is 0.966 bits per heavy atom. The fraction of sp³-hybridized carbons (Fsp3) is 0.111. The molecule has 0 atom stereocenters. The molecule has 2 aromatic carbocycles. The van der Waals surface area contributed by atoms with Gasteiger partial charge >= 0.3 is 6.18 Å². The van der Waals surface area contributed by atoms with E-state index in [0.29, 0.717) is 17.0 Å². The average Bonchev–Trinajstić information content (AvgIpc) is 3.05. The van der Waals surface area contributed by atoms with E-state index < -0.39 is 52.3 Å². The third-order valence-corrected chi connectivity index (χ3v) is 4.07. The molecule has 0 aliphatic carbocycles. The number of hydrogen-bond donors (Lipinski definition) is 1. The van der Waals surface area contributed by atoms with Crippen LogP contribution in [-0.4, -0.2) is 23.2 Å². The summed E-state index contributed by atoms with van der Waals surface area (Å²) in [6.45, 7) is 0. The molecule has 3 aromatic rings. The molecule has 0 bridgehead atoms. The molecule has 0 aliphatic rings. The Morgan fingerprint density at radius 2 is 1.59 bits per heavy atom. The number of alkyl halides is 3. The van der Waals surface area contributed by atoms with Crippen molar-refractivity contribution in [2.24, 2.45) is 0 Å². The van der Waals surface area contributed by atoms with Gasteiger partial charge in [0.25, 0.3) is 5.91 Å². The Hall–Kier alpha value is -3.37. The van der Waals surface area contributed by atoms with E-state index in [1.807, 2.05) is 0 Å². The van der Waals surface area contributed by atoms with Crippen molar-refractivity contribution < 1.29 is 35.5 Å². The summed E-state index contributed by atoms with van der Waals surface area (Å²) in [5.41, 5.74) is -3.86. The van der Waals surface area contributed by atoms with Crippen molar-refractivity contribution in [2.45, 2.75) is 6.18 Å². The molecule has 0 saturated carbocycles. The van der Waals surface area contributed by atoms with Crippen molar-refractivity contribution in [3.63, 3.8) is 0 Å². The third kappa shape index (κ3) is 3.67. The van der Waals surface area contributed by atoms with Crippen molar-refractivity contribution in [3.8, 4) is 11.1 Å². The van der Waals surface area contributed by atoms with Crippen LogP contribution in [0.4, 0.5) is 36.4 Å². The minimum Gasteiger partial charge on any atom is -0.311 e. The predicted molar refractivity (Wildman–Crippen MR) is 88.0 cm³/mol. The number of rotatable bonds is 3. The predicted octanol–water partition coefficient (Wildman–Crippen LogP) is 4.93. The summed E-state index contributed by atoms with van der Waals surface area (Å²) >= 11 is 0.